The van der Waals surface area contributed by atoms with Gasteiger partial charge >= 0.3 is 0 Å². The quantitative estimate of drug-likeness (QED) is 0.712. The second-order valence-corrected chi connectivity index (χ2v) is 10.8. The summed E-state index contributed by atoms with van der Waals surface area (Å²) in [7, 11) is 0. The summed E-state index contributed by atoms with van der Waals surface area (Å²) < 4.78 is 0. The van der Waals surface area contributed by atoms with Crippen LogP contribution in [-0.2, 0) is 0 Å². The van der Waals surface area contributed by atoms with Crippen LogP contribution in [-0.4, -0.2) is 115 Å². The maximum Gasteiger partial charge on any atom is 0.0507 e. The van der Waals surface area contributed by atoms with Crippen LogP contribution in [0.1, 0.15) is 53.4 Å². The monoisotopic (exact) mass is 391 g/mol. The van der Waals surface area contributed by atoms with Gasteiger partial charge in [0.1, 0.15) is 0 Å². The van der Waals surface area contributed by atoms with E-state index in [9.17, 15) is 0 Å². The van der Waals surface area contributed by atoms with E-state index in [2.05, 4.69) is 52.2 Å². The van der Waals surface area contributed by atoms with E-state index in [4.69, 9.17) is 0 Å². The van der Waals surface area contributed by atoms with Crippen LogP contribution in [0.2, 0.25) is 0 Å². The minimum Gasteiger partial charge on any atom is -0.301 e. The number of rotatable bonds is 5. The van der Waals surface area contributed by atoms with E-state index in [-0.39, 0.29) is 0 Å². The predicted molar refractivity (Wildman–Crippen MR) is 118 cm³/mol. The molecule has 0 saturated carbocycles. The van der Waals surface area contributed by atoms with E-state index < -0.39 is 0 Å². The Kier molecular flexibility index (Phi) is 6.68. The Labute approximate surface area is 174 Å². The lowest BCUT2D eigenvalue weighted by molar-refractivity contribution is -0.0810. The van der Waals surface area contributed by atoms with Crippen molar-refractivity contribution in [1.82, 2.24) is 24.5 Å². The number of nitrogens with zero attached hydrogens (tertiary/aromatic N) is 5. The normalized spacial score (nSPS) is 29.8. The zero-order valence-electron chi connectivity index (χ0n) is 19.1. The largest absolute Gasteiger partial charge is 0.301 e. The lowest BCUT2D eigenvalue weighted by Gasteiger charge is -2.56. The van der Waals surface area contributed by atoms with Crippen molar-refractivity contribution in [1.29, 1.82) is 0 Å². The zero-order chi connectivity index (χ0) is 19.7. The van der Waals surface area contributed by atoms with Crippen molar-refractivity contribution in [2.45, 2.75) is 71.5 Å². The summed E-state index contributed by atoms with van der Waals surface area (Å²) >= 11 is 0. The standard InChI is InChI=1S/C23H45N5/c1-20(2)26-9-5-22(6-10-26)28-15-13-24(14-16-28)19-25-17-23(18-25)7-11-27(12-8-23)21(3)4/h20-22H,5-19H2,1-4H3. The fourth-order valence-electron chi connectivity index (χ4n) is 6.15. The van der Waals surface area contributed by atoms with Gasteiger partial charge in [0, 0.05) is 57.4 Å². The van der Waals surface area contributed by atoms with E-state index >= 15 is 0 Å². The number of piperazine rings is 1. The van der Waals surface area contributed by atoms with Gasteiger partial charge in [-0.1, -0.05) is 0 Å². The van der Waals surface area contributed by atoms with Gasteiger partial charge in [-0.05, 0) is 85.0 Å². The maximum atomic E-state index is 2.80. The molecule has 0 aromatic rings. The molecule has 0 N–H and O–H groups in total. The highest BCUT2D eigenvalue weighted by molar-refractivity contribution is 4.98. The summed E-state index contributed by atoms with van der Waals surface area (Å²) in [5, 5.41) is 0. The Morgan fingerprint density at radius 1 is 0.679 bits per heavy atom. The molecule has 0 aromatic heterocycles. The second kappa shape index (κ2) is 8.89. The van der Waals surface area contributed by atoms with Gasteiger partial charge in [0.05, 0.1) is 6.67 Å². The fraction of sp³-hybridized carbons (Fsp3) is 1.00. The Balaban J connectivity index is 1.13. The number of piperidine rings is 2. The molecule has 162 valence electrons. The average Bonchev–Trinajstić information content (AvgIpc) is 2.68. The van der Waals surface area contributed by atoms with Crippen LogP contribution < -0.4 is 0 Å². The number of likely N-dealkylation sites (tertiary alicyclic amines) is 3. The highest BCUT2D eigenvalue weighted by Gasteiger charge is 2.45. The van der Waals surface area contributed by atoms with Crippen LogP contribution in [0, 0.1) is 5.41 Å². The number of hydrogen-bond donors (Lipinski definition) is 0. The molecule has 0 aromatic carbocycles. The van der Waals surface area contributed by atoms with Crippen molar-refractivity contribution in [2.75, 3.05) is 72.1 Å². The van der Waals surface area contributed by atoms with Gasteiger partial charge in [0.15, 0.2) is 0 Å². The SMILES string of the molecule is CC(C)N1CCC(N2CCN(CN3CC4(CCN(C(C)C)CC4)C3)CC2)CC1. The molecular weight excluding hydrogens is 346 g/mol. The first-order valence-electron chi connectivity index (χ1n) is 12.1. The second-order valence-electron chi connectivity index (χ2n) is 10.8. The van der Waals surface area contributed by atoms with Crippen LogP contribution >= 0.6 is 0 Å². The molecule has 4 saturated heterocycles. The highest BCUT2D eigenvalue weighted by Crippen LogP contribution is 2.40. The zero-order valence-corrected chi connectivity index (χ0v) is 19.1. The van der Waals surface area contributed by atoms with Crippen LogP contribution in [0.15, 0.2) is 0 Å². The molecular formula is C23H45N5. The molecule has 4 aliphatic heterocycles. The molecule has 1 spiro atoms. The van der Waals surface area contributed by atoms with Crippen molar-refractivity contribution in [3.8, 4) is 0 Å². The molecule has 0 aliphatic carbocycles. The molecule has 0 bridgehead atoms. The molecule has 4 aliphatic rings. The van der Waals surface area contributed by atoms with Crippen molar-refractivity contribution in [3.63, 3.8) is 0 Å². The Morgan fingerprint density at radius 3 is 1.75 bits per heavy atom. The van der Waals surface area contributed by atoms with Crippen molar-refractivity contribution in [2.24, 2.45) is 5.41 Å². The molecule has 4 heterocycles. The van der Waals surface area contributed by atoms with E-state index in [1.54, 1.807) is 0 Å². The third kappa shape index (κ3) is 4.75. The van der Waals surface area contributed by atoms with E-state index in [1.807, 2.05) is 0 Å². The van der Waals surface area contributed by atoms with Gasteiger partial charge < -0.3 is 9.80 Å². The van der Waals surface area contributed by atoms with Crippen LogP contribution in [0.5, 0.6) is 0 Å². The minimum absolute atomic E-state index is 0.664. The highest BCUT2D eigenvalue weighted by atomic mass is 15.4. The van der Waals surface area contributed by atoms with Crippen LogP contribution in [0.25, 0.3) is 0 Å². The van der Waals surface area contributed by atoms with E-state index in [1.165, 1.54) is 97.8 Å². The third-order valence-corrected chi connectivity index (χ3v) is 8.26. The van der Waals surface area contributed by atoms with Crippen LogP contribution in [0.3, 0.4) is 0 Å². The molecule has 5 nitrogen and oxygen atoms in total. The molecule has 0 unspecified atom stereocenters. The lowest BCUT2D eigenvalue weighted by atomic mass is 9.72. The lowest BCUT2D eigenvalue weighted by Crippen LogP contribution is -2.64. The summed E-state index contributed by atoms with van der Waals surface area (Å²) in [4.78, 5) is 13.6. The minimum atomic E-state index is 0.664. The summed E-state index contributed by atoms with van der Waals surface area (Å²) in [6.07, 6.45) is 5.59. The molecule has 28 heavy (non-hydrogen) atoms. The van der Waals surface area contributed by atoms with Gasteiger partial charge in [0.2, 0.25) is 0 Å². The molecule has 4 fully saturated rings. The summed E-state index contributed by atoms with van der Waals surface area (Å²) in [6.45, 7) is 23.7. The van der Waals surface area contributed by atoms with Gasteiger partial charge in [0.25, 0.3) is 0 Å². The number of hydrogen-bond acceptors (Lipinski definition) is 5. The van der Waals surface area contributed by atoms with Gasteiger partial charge in [-0.15, -0.1) is 0 Å². The van der Waals surface area contributed by atoms with Crippen molar-refractivity contribution in [3.05, 3.63) is 0 Å². The smallest absolute Gasteiger partial charge is 0.0507 e. The molecule has 4 rings (SSSR count). The topological polar surface area (TPSA) is 16.2 Å². The van der Waals surface area contributed by atoms with Crippen LogP contribution in [0.4, 0.5) is 0 Å². The molecule has 0 atom stereocenters. The average molecular weight is 392 g/mol. The summed E-state index contributed by atoms with van der Waals surface area (Å²) in [6, 6.07) is 2.29. The Morgan fingerprint density at radius 2 is 1.21 bits per heavy atom. The maximum absolute atomic E-state index is 2.80. The first-order valence-corrected chi connectivity index (χ1v) is 12.1. The van der Waals surface area contributed by atoms with E-state index in [0.29, 0.717) is 5.41 Å². The van der Waals surface area contributed by atoms with Gasteiger partial charge in [-0.3, -0.25) is 14.7 Å². The predicted octanol–water partition coefficient (Wildman–Crippen LogP) is 2.24. The van der Waals surface area contributed by atoms with Crippen molar-refractivity contribution >= 4 is 0 Å². The third-order valence-electron chi connectivity index (χ3n) is 8.26. The first kappa shape index (κ1) is 21.0. The van der Waals surface area contributed by atoms with Crippen molar-refractivity contribution < 1.29 is 0 Å². The van der Waals surface area contributed by atoms with Gasteiger partial charge in [-0.2, -0.15) is 0 Å². The summed E-state index contributed by atoms with van der Waals surface area (Å²) in [5.41, 5.74) is 0.664. The molecule has 0 amide bonds. The Bertz CT molecular complexity index is 475. The van der Waals surface area contributed by atoms with E-state index in [0.717, 1.165) is 18.1 Å². The van der Waals surface area contributed by atoms with Gasteiger partial charge in [-0.25, -0.2) is 0 Å². The molecule has 5 heteroatoms. The fourth-order valence-corrected chi connectivity index (χ4v) is 6.15. The molecule has 0 radical (unpaired) electrons. The summed E-state index contributed by atoms with van der Waals surface area (Å²) in [5.74, 6) is 0. The Hall–Kier alpha value is -0.200. The first-order chi connectivity index (χ1) is 13.4.